The van der Waals surface area contributed by atoms with E-state index in [1.54, 1.807) is 36.4 Å². The maximum Gasteiger partial charge on any atom is 0.412 e. The monoisotopic (exact) mass is 337 g/mol. The fraction of sp³-hybridized carbons (Fsp3) is 0.278. The predicted octanol–water partition coefficient (Wildman–Crippen LogP) is 3.70. The van der Waals surface area contributed by atoms with E-state index in [-0.39, 0.29) is 5.56 Å². The average molecular weight is 337 g/mol. The number of rotatable bonds is 5. The molecule has 2 aromatic carbocycles. The zero-order valence-corrected chi connectivity index (χ0v) is 13.0. The summed E-state index contributed by atoms with van der Waals surface area (Å²) in [5.41, 5.74) is -1.15. The zero-order chi connectivity index (χ0) is 17.8. The van der Waals surface area contributed by atoms with Crippen LogP contribution in [0.2, 0.25) is 0 Å². The van der Waals surface area contributed by atoms with Crippen molar-refractivity contribution < 1.29 is 23.1 Å². The number of aliphatic hydroxyl groups is 1. The van der Waals surface area contributed by atoms with Crippen LogP contribution in [0, 0.1) is 0 Å². The first-order valence-electron chi connectivity index (χ1n) is 7.39. The first-order valence-corrected chi connectivity index (χ1v) is 7.39. The number of amides is 1. The molecule has 24 heavy (non-hydrogen) atoms. The highest BCUT2D eigenvalue weighted by Gasteiger charge is 2.42. The zero-order valence-electron chi connectivity index (χ0n) is 13.0. The van der Waals surface area contributed by atoms with Crippen molar-refractivity contribution in [1.82, 2.24) is 5.32 Å². The smallest absolute Gasteiger partial charge is 0.385 e. The van der Waals surface area contributed by atoms with Crippen LogP contribution >= 0.6 is 0 Å². The van der Waals surface area contributed by atoms with Gasteiger partial charge in [-0.2, -0.15) is 13.2 Å². The standard InChI is InChI=1S/C18H18F3NO2/c1-17(24,14-10-6-3-7-11-14)12-15(23)22-16(18(19,20)21)13-8-4-2-5-9-13/h2-11,16,24H,12H2,1H3,(H,22,23). The van der Waals surface area contributed by atoms with Crippen LogP contribution in [0.3, 0.4) is 0 Å². The minimum Gasteiger partial charge on any atom is -0.385 e. The van der Waals surface area contributed by atoms with Crippen LogP contribution in [-0.4, -0.2) is 17.2 Å². The second-order valence-corrected chi connectivity index (χ2v) is 5.77. The molecule has 3 nitrogen and oxygen atoms in total. The van der Waals surface area contributed by atoms with Crippen molar-refractivity contribution in [2.24, 2.45) is 0 Å². The van der Waals surface area contributed by atoms with Gasteiger partial charge in [0.1, 0.15) is 0 Å². The fourth-order valence-electron chi connectivity index (χ4n) is 2.42. The molecule has 0 heterocycles. The number of nitrogens with one attached hydrogen (secondary N) is 1. The largest absolute Gasteiger partial charge is 0.412 e. The second-order valence-electron chi connectivity index (χ2n) is 5.77. The fourth-order valence-corrected chi connectivity index (χ4v) is 2.42. The Morgan fingerprint density at radius 1 is 1.04 bits per heavy atom. The van der Waals surface area contributed by atoms with E-state index in [4.69, 9.17) is 0 Å². The van der Waals surface area contributed by atoms with Crippen molar-refractivity contribution in [3.8, 4) is 0 Å². The van der Waals surface area contributed by atoms with Crippen LogP contribution in [0.5, 0.6) is 0 Å². The molecule has 0 spiro atoms. The van der Waals surface area contributed by atoms with Crippen LogP contribution in [0.1, 0.15) is 30.5 Å². The molecule has 6 heteroatoms. The maximum absolute atomic E-state index is 13.2. The molecular formula is C18H18F3NO2. The van der Waals surface area contributed by atoms with Gasteiger partial charge in [0, 0.05) is 0 Å². The number of hydrogen-bond acceptors (Lipinski definition) is 2. The van der Waals surface area contributed by atoms with Gasteiger partial charge in [-0.25, -0.2) is 0 Å². The summed E-state index contributed by atoms with van der Waals surface area (Å²) in [7, 11) is 0. The van der Waals surface area contributed by atoms with Crippen LogP contribution in [0.15, 0.2) is 60.7 Å². The Morgan fingerprint density at radius 2 is 1.54 bits per heavy atom. The molecule has 0 aliphatic rings. The summed E-state index contributed by atoms with van der Waals surface area (Å²) in [6, 6.07) is 13.4. The number of benzene rings is 2. The highest BCUT2D eigenvalue weighted by molar-refractivity contribution is 5.78. The lowest BCUT2D eigenvalue weighted by atomic mass is 9.92. The molecular weight excluding hydrogens is 319 g/mol. The molecule has 0 saturated carbocycles. The van der Waals surface area contributed by atoms with Crippen LogP contribution < -0.4 is 5.32 Å². The summed E-state index contributed by atoms with van der Waals surface area (Å²) in [5, 5.41) is 12.4. The Bertz CT molecular complexity index is 670. The van der Waals surface area contributed by atoms with E-state index in [2.05, 4.69) is 0 Å². The highest BCUT2D eigenvalue weighted by atomic mass is 19.4. The molecule has 128 valence electrons. The van der Waals surface area contributed by atoms with Gasteiger partial charge in [0.05, 0.1) is 12.0 Å². The molecule has 1 amide bonds. The summed E-state index contributed by atoms with van der Waals surface area (Å²) < 4.78 is 39.7. The van der Waals surface area contributed by atoms with Gasteiger partial charge in [0.25, 0.3) is 0 Å². The minimum atomic E-state index is -4.63. The van der Waals surface area contributed by atoms with Crippen molar-refractivity contribution in [1.29, 1.82) is 0 Å². The van der Waals surface area contributed by atoms with E-state index in [9.17, 15) is 23.1 Å². The summed E-state index contributed by atoms with van der Waals surface area (Å²) in [4.78, 5) is 12.1. The number of carbonyl (C=O) groups excluding carboxylic acids is 1. The molecule has 2 atom stereocenters. The quantitative estimate of drug-likeness (QED) is 0.874. The molecule has 0 bridgehead atoms. The minimum absolute atomic E-state index is 0.0577. The van der Waals surface area contributed by atoms with Gasteiger partial charge in [-0.3, -0.25) is 4.79 Å². The highest BCUT2D eigenvalue weighted by Crippen LogP contribution is 2.33. The van der Waals surface area contributed by atoms with E-state index < -0.39 is 30.1 Å². The van der Waals surface area contributed by atoms with Gasteiger partial charge in [-0.15, -0.1) is 0 Å². The first-order chi connectivity index (χ1) is 11.2. The van der Waals surface area contributed by atoms with Gasteiger partial charge in [-0.1, -0.05) is 60.7 Å². The molecule has 0 aliphatic carbocycles. The Kier molecular flexibility index (Phi) is 5.29. The van der Waals surface area contributed by atoms with Gasteiger partial charge < -0.3 is 10.4 Å². The van der Waals surface area contributed by atoms with E-state index in [0.29, 0.717) is 5.56 Å². The third-order valence-electron chi connectivity index (χ3n) is 3.67. The Labute approximate surface area is 138 Å². The van der Waals surface area contributed by atoms with Gasteiger partial charge >= 0.3 is 6.18 Å². The lowest BCUT2D eigenvalue weighted by Gasteiger charge is -2.26. The average Bonchev–Trinajstić information content (AvgIpc) is 2.53. The van der Waals surface area contributed by atoms with E-state index >= 15 is 0 Å². The van der Waals surface area contributed by atoms with Crippen LogP contribution in [-0.2, 0) is 10.4 Å². The van der Waals surface area contributed by atoms with Crippen molar-refractivity contribution >= 4 is 5.91 Å². The van der Waals surface area contributed by atoms with Crippen LogP contribution in [0.4, 0.5) is 13.2 Å². The van der Waals surface area contributed by atoms with Crippen molar-refractivity contribution in [3.63, 3.8) is 0 Å². The molecule has 2 unspecified atom stereocenters. The molecule has 0 radical (unpaired) electrons. The molecule has 0 fully saturated rings. The SMILES string of the molecule is CC(O)(CC(=O)NC(c1ccccc1)C(F)(F)F)c1ccccc1. The van der Waals surface area contributed by atoms with Crippen LogP contribution in [0.25, 0.3) is 0 Å². The van der Waals surface area contributed by atoms with Gasteiger partial charge in [0.15, 0.2) is 6.04 Å². The Hall–Kier alpha value is -2.34. The number of alkyl halides is 3. The normalized spacial score (nSPS) is 15.4. The predicted molar refractivity (Wildman–Crippen MR) is 84.0 cm³/mol. The Balaban J connectivity index is 2.14. The summed E-state index contributed by atoms with van der Waals surface area (Å²) in [5.74, 6) is -0.880. The third kappa shape index (κ3) is 4.58. The molecule has 2 aromatic rings. The molecule has 0 saturated heterocycles. The van der Waals surface area contributed by atoms with Gasteiger partial charge in [-0.05, 0) is 18.1 Å². The number of halogens is 3. The van der Waals surface area contributed by atoms with Crippen molar-refractivity contribution in [2.75, 3.05) is 0 Å². The van der Waals surface area contributed by atoms with E-state index in [0.717, 1.165) is 0 Å². The summed E-state index contributed by atoms with van der Waals surface area (Å²) in [6.45, 7) is 1.40. The van der Waals surface area contributed by atoms with Crippen molar-refractivity contribution in [3.05, 3.63) is 71.8 Å². The first kappa shape index (κ1) is 18.0. The van der Waals surface area contributed by atoms with Crippen molar-refractivity contribution in [2.45, 2.75) is 31.2 Å². The summed E-state index contributed by atoms with van der Waals surface area (Å²) in [6.07, 6.45) is -5.11. The molecule has 0 aliphatic heterocycles. The number of carbonyl (C=O) groups is 1. The van der Waals surface area contributed by atoms with E-state index in [1.165, 1.54) is 31.2 Å². The molecule has 2 rings (SSSR count). The number of hydrogen-bond donors (Lipinski definition) is 2. The maximum atomic E-state index is 13.2. The second kappa shape index (κ2) is 7.05. The molecule has 0 aromatic heterocycles. The topological polar surface area (TPSA) is 49.3 Å². The lowest BCUT2D eigenvalue weighted by Crippen LogP contribution is -2.40. The van der Waals surface area contributed by atoms with Gasteiger partial charge in [0.2, 0.25) is 5.91 Å². The van der Waals surface area contributed by atoms with E-state index in [1.807, 2.05) is 5.32 Å². The molecule has 2 N–H and O–H groups in total. The Morgan fingerprint density at radius 3 is 2.04 bits per heavy atom. The summed E-state index contributed by atoms with van der Waals surface area (Å²) >= 11 is 0. The third-order valence-corrected chi connectivity index (χ3v) is 3.67. The lowest BCUT2D eigenvalue weighted by molar-refractivity contribution is -0.164.